The molecule has 2 rings (SSSR count). The second-order valence-electron chi connectivity index (χ2n) is 7.41. The van der Waals surface area contributed by atoms with Crippen LogP contribution >= 0.6 is 0 Å². The summed E-state index contributed by atoms with van der Waals surface area (Å²) in [5, 5.41) is 0. The lowest BCUT2D eigenvalue weighted by molar-refractivity contribution is 0.0779. The molecule has 1 aromatic carbocycles. The zero-order valence-electron chi connectivity index (χ0n) is 16.4. The van der Waals surface area contributed by atoms with Gasteiger partial charge < -0.3 is 9.64 Å². The SMILES string of the molecule is COc1ccc(C(=O)N(C)CC(C)C)cc1S(=O)(=O)N1CCCCC1C. The van der Waals surface area contributed by atoms with E-state index >= 15 is 0 Å². The Morgan fingerprint density at radius 2 is 2.04 bits per heavy atom. The van der Waals surface area contributed by atoms with Gasteiger partial charge in [0.25, 0.3) is 5.91 Å². The number of nitrogens with zero attached hydrogens (tertiary/aromatic N) is 2. The third-order valence-corrected chi connectivity index (χ3v) is 6.76. The summed E-state index contributed by atoms with van der Waals surface area (Å²) in [6.07, 6.45) is 2.72. The highest BCUT2D eigenvalue weighted by Crippen LogP contribution is 2.32. The standard InChI is InChI=1S/C19H30N2O4S/c1-14(2)13-20(4)19(22)16-9-10-17(25-5)18(12-16)26(23,24)21-11-7-6-8-15(21)3/h9-10,12,14-15H,6-8,11,13H2,1-5H3. The minimum absolute atomic E-state index is 0.0542. The highest BCUT2D eigenvalue weighted by Gasteiger charge is 2.33. The van der Waals surface area contributed by atoms with Crippen molar-refractivity contribution in [3.8, 4) is 5.75 Å². The maximum absolute atomic E-state index is 13.2. The summed E-state index contributed by atoms with van der Waals surface area (Å²) >= 11 is 0. The van der Waals surface area contributed by atoms with Gasteiger partial charge in [0.05, 0.1) is 7.11 Å². The molecular formula is C19H30N2O4S. The smallest absolute Gasteiger partial charge is 0.253 e. The van der Waals surface area contributed by atoms with Gasteiger partial charge in [0.1, 0.15) is 10.6 Å². The number of sulfonamides is 1. The molecule has 1 fully saturated rings. The molecule has 1 heterocycles. The highest BCUT2D eigenvalue weighted by molar-refractivity contribution is 7.89. The van der Waals surface area contributed by atoms with Crippen molar-refractivity contribution in [3.05, 3.63) is 23.8 Å². The number of ether oxygens (including phenoxy) is 1. The summed E-state index contributed by atoms with van der Waals surface area (Å²) in [5.74, 6) is 0.412. The molecule has 1 aliphatic heterocycles. The molecule has 1 aliphatic rings. The molecule has 0 aliphatic carbocycles. The molecule has 1 amide bonds. The molecule has 26 heavy (non-hydrogen) atoms. The van der Waals surface area contributed by atoms with Crippen LogP contribution < -0.4 is 4.74 Å². The van der Waals surface area contributed by atoms with Crippen LogP contribution in [0.25, 0.3) is 0 Å². The normalized spacial score (nSPS) is 18.8. The lowest BCUT2D eigenvalue weighted by atomic mass is 10.1. The second-order valence-corrected chi connectivity index (χ2v) is 9.26. The maximum atomic E-state index is 13.2. The fraction of sp³-hybridized carbons (Fsp3) is 0.632. The zero-order valence-corrected chi connectivity index (χ0v) is 17.2. The first-order chi connectivity index (χ1) is 12.2. The first kappa shape index (κ1) is 20.7. The van der Waals surface area contributed by atoms with Crippen LogP contribution in [0.3, 0.4) is 0 Å². The molecule has 7 heteroatoms. The van der Waals surface area contributed by atoms with Crippen molar-refractivity contribution >= 4 is 15.9 Å². The maximum Gasteiger partial charge on any atom is 0.253 e. The van der Waals surface area contributed by atoms with Gasteiger partial charge in [0, 0.05) is 31.7 Å². The molecular weight excluding hydrogens is 352 g/mol. The molecule has 6 nitrogen and oxygen atoms in total. The Morgan fingerprint density at radius 1 is 1.35 bits per heavy atom. The van der Waals surface area contributed by atoms with Crippen LogP contribution in [0.1, 0.15) is 50.4 Å². The van der Waals surface area contributed by atoms with E-state index < -0.39 is 10.0 Å². The summed E-state index contributed by atoms with van der Waals surface area (Å²) in [4.78, 5) is 14.4. The number of rotatable bonds is 6. The molecule has 1 atom stereocenters. The predicted octanol–water partition coefficient (Wildman–Crippen LogP) is 2.99. The van der Waals surface area contributed by atoms with E-state index in [-0.39, 0.29) is 22.6 Å². The summed E-state index contributed by atoms with van der Waals surface area (Å²) in [6, 6.07) is 4.59. The molecule has 1 aromatic rings. The Morgan fingerprint density at radius 3 is 2.62 bits per heavy atom. The third kappa shape index (κ3) is 4.38. The van der Waals surface area contributed by atoms with E-state index in [2.05, 4.69) is 0 Å². The van der Waals surface area contributed by atoms with E-state index in [0.717, 1.165) is 19.3 Å². The van der Waals surface area contributed by atoms with Gasteiger partial charge in [-0.15, -0.1) is 0 Å². The van der Waals surface area contributed by atoms with Gasteiger partial charge in [-0.2, -0.15) is 4.31 Å². The van der Waals surface area contributed by atoms with Gasteiger partial charge in [-0.3, -0.25) is 4.79 Å². The zero-order chi connectivity index (χ0) is 19.5. The van der Waals surface area contributed by atoms with Crippen LogP contribution in [0.5, 0.6) is 5.75 Å². The highest BCUT2D eigenvalue weighted by atomic mass is 32.2. The fourth-order valence-corrected chi connectivity index (χ4v) is 5.30. The first-order valence-electron chi connectivity index (χ1n) is 9.13. The van der Waals surface area contributed by atoms with Crippen molar-refractivity contribution in [2.24, 2.45) is 5.92 Å². The van der Waals surface area contributed by atoms with Crippen LogP contribution in [0.2, 0.25) is 0 Å². The number of amides is 1. The molecule has 1 unspecified atom stereocenters. The van der Waals surface area contributed by atoms with Crippen molar-refractivity contribution in [1.29, 1.82) is 0 Å². The third-order valence-electron chi connectivity index (χ3n) is 4.72. The Hall–Kier alpha value is -1.60. The summed E-state index contributed by atoms with van der Waals surface area (Å²) in [5.41, 5.74) is 0.359. The average molecular weight is 383 g/mol. The van der Waals surface area contributed by atoms with E-state index in [1.165, 1.54) is 17.5 Å². The number of piperidine rings is 1. The van der Waals surface area contributed by atoms with E-state index in [1.54, 1.807) is 24.1 Å². The van der Waals surface area contributed by atoms with Crippen molar-refractivity contribution in [2.75, 3.05) is 27.2 Å². The van der Waals surface area contributed by atoms with Crippen molar-refractivity contribution in [2.45, 2.75) is 51.0 Å². The van der Waals surface area contributed by atoms with E-state index in [9.17, 15) is 13.2 Å². The number of benzene rings is 1. The van der Waals surface area contributed by atoms with Crippen LogP contribution in [0, 0.1) is 5.92 Å². The van der Waals surface area contributed by atoms with Crippen LogP contribution in [-0.2, 0) is 10.0 Å². The minimum Gasteiger partial charge on any atom is -0.495 e. The Labute approximate surface area is 157 Å². The number of carbonyl (C=O) groups is 1. The topological polar surface area (TPSA) is 66.9 Å². The quantitative estimate of drug-likeness (QED) is 0.759. The van der Waals surface area contributed by atoms with Crippen LogP contribution in [0.15, 0.2) is 23.1 Å². The molecule has 1 saturated heterocycles. The van der Waals surface area contributed by atoms with Gasteiger partial charge in [0.2, 0.25) is 10.0 Å². The number of hydrogen-bond donors (Lipinski definition) is 0. The van der Waals surface area contributed by atoms with Gasteiger partial charge in [-0.25, -0.2) is 8.42 Å². The largest absolute Gasteiger partial charge is 0.495 e. The van der Waals surface area contributed by atoms with Crippen molar-refractivity contribution in [3.63, 3.8) is 0 Å². The lowest BCUT2D eigenvalue weighted by Crippen LogP contribution is -2.42. The van der Waals surface area contributed by atoms with Gasteiger partial charge in [-0.1, -0.05) is 20.3 Å². The molecule has 146 valence electrons. The predicted molar refractivity (Wildman–Crippen MR) is 102 cm³/mol. The van der Waals surface area contributed by atoms with Gasteiger partial charge >= 0.3 is 0 Å². The van der Waals surface area contributed by atoms with Crippen LogP contribution in [-0.4, -0.2) is 56.8 Å². The molecule has 0 radical (unpaired) electrons. The minimum atomic E-state index is -3.72. The number of methoxy groups -OCH3 is 1. The van der Waals surface area contributed by atoms with E-state index in [0.29, 0.717) is 24.6 Å². The number of hydrogen-bond acceptors (Lipinski definition) is 4. The van der Waals surface area contributed by atoms with Crippen LogP contribution in [0.4, 0.5) is 0 Å². The Kier molecular flexibility index (Phi) is 6.69. The Balaban J connectivity index is 2.42. The second kappa shape index (κ2) is 8.39. The summed E-state index contributed by atoms with van der Waals surface area (Å²) < 4.78 is 33.3. The average Bonchev–Trinajstić information content (AvgIpc) is 2.60. The molecule has 0 bridgehead atoms. The van der Waals surface area contributed by atoms with Crippen molar-refractivity contribution in [1.82, 2.24) is 9.21 Å². The lowest BCUT2D eigenvalue weighted by Gasteiger charge is -2.32. The molecule has 0 saturated carbocycles. The Bertz CT molecular complexity index is 746. The van der Waals surface area contributed by atoms with Gasteiger partial charge in [0.15, 0.2) is 0 Å². The molecule has 0 aromatic heterocycles. The van der Waals surface area contributed by atoms with Gasteiger partial charge in [-0.05, 0) is 43.9 Å². The number of carbonyl (C=O) groups excluding carboxylic acids is 1. The summed E-state index contributed by atoms with van der Waals surface area (Å²) in [6.45, 7) is 7.10. The molecule has 0 spiro atoms. The summed E-state index contributed by atoms with van der Waals surface area (Å²) in [7, 11) is -0.547. The first-order valence-corrected chi connectivity index (χ1v) is 10.6. The van der Waals surface area contributed by atoms with Crippen molar-refractivity contribution < 1.29 is 17.9 Å². The fourth-order valence-electron chi connectivity index (χ4n) is 3.42. The van der Waals surface area contributed by atoms with E-state index in [1.807, 2.05) is 20.8 Å². The monoisotopic (exact) mass is 382 g/mol. The van der Waals surface area contributed by atoms with E-state index in [4.69, 9.17) is 4.74 Å². The molecule has 0 N–H and O–H groups in total.